The standard InChI is InChI=1S/C24H17F4N/c25-23-15-19(12-13-21(23)16-29)11-8-17-6-9-18(10-7-17)14-22(24(26,27)28)20-4-2-1-3-5-20/h1-13,15,22H,14H2/t22-/m0/s1. The fourth-order valence-electron chi connectivity index (χ4n) is 3.03. The molecule has 0 N–H and O–H groups in total. The van der Waals surface area contributed by atoms with Crippen LogP contribution in [0.1, 0.15) is 33.7 Å². The first kappa shape index (κ1) is 20.3. The van der Waals surface area contributed by atoms with Crippen molar-refractivity contribution in [3.63, 3.8) is 0 Å². The topological polar surface area (TPSA) is 23.8 Å². The van der Waals surface area contributed by atoms with Gasteiger partial charge in [0, 0.05) is 0 Å². The third-order valence-electron chi connectivity index (χ3n) is 4.60. The van der Waals surface area contributed by atoms with Crippen LogP contribution in [0.5, 0.6) is 0 Å². The summed E-state index contributed by atoms with van der Waals surface area (Å²) in [7, 11) is 0. The van der Waals surface area contributed by atoms with Gasteiger partial charge in [-0.1, -0.05) is 72.8 Å². The van der Waals surface area contributed by atoms with E-state index in [1.807, 2.05) is 0 Å². The van der Waals surface area contributed by atoms with Gasteiger partial charge in [0.05, 0.1) is 11.5 Å². The Morgan fingerprint density at radius 3 is 2.07 bits per heavy atom. The quantitative estimate of drug-likeness (QED) is 0.346. The van der Waals surface area contributed by atoms with E-state index >= 15 is 0 Å². The molecule has 0 aliphatic heterocycles. The lowest BCUT2D eigenvalue weighted by atomic mass is 9.91. The monoisotopic (exact) mass is 395 g/mol. The second-order valence-corrected chi connectivity index (χ2v) is 6.64. The predicted molar refractivity (Wildman–Crippen MR) is 105 cm³/mol. The van der Waals surface area contributed by atoms with Gasteiger partial charge in [-0.15, -0.1) is 0 Å². The molecule has 3 aromatic rings. The molecule has 0 aliphatic rings. The summed E-state index contributed by atoms with van der Waals surface area (Å²) < 4.78 is 54.2. The van der Waals surface area contributed by atoms with Gasteiger partial charge in [-0.3, -0.25) is 0 Å². The number of halogens is 4. The zero-order valence-electron chi connectivity index (χ0n) is 15.3. The Labute approximate surface area is 166 Å². The number of alkyl halides is 3. The third-order valence-corrected chi connectivity index (χ3v) is 4.60. The van der Waals surface area contributed by atoms with Gasteiger partial charge in [0.2, 0.25) is 0 Å². The summed E-state index contributed by atoms with van der Waals surface area (Å²) in [4.78, 5) is 0. The zero-order chi connectivity index (χ0) is 20.9. The van der Waals surface area contributed by atoms with Crippen molar-refractivity contribution in [3.05, 3.63) is 106 Å². The highest BCUT2D eigenvalue weighted by Gasteiger charge is 2.40. The summed E-state index contributed by atoms with van der Waals surface area (Å²) in [6, 6.07) is 20.7. The number of hydrogen-bond donors (Lipinski definition) is 0. The Kier molecular flexibility index (Phi) is 6.13. The van der Waals surface area contributed by atoms with Crippen molar-refractivity contribution < 1.29 is 17.6 Å². The van der Waals surface area contributed by atoms with Crippen LogP contribution >= 0.6 is 0 Å². The largest absolute Gasteiger partial charge is 0.396 e. The molecular formula is C24H17F4N. The van der Waals surface area contributed by atoms with E-state index in [1.165, 1.54) is 24.3 Å². The molecule has 0 saturated carbocycles. The molecule has 0 radical (unpaired) electrons. The van der Waals surface area contributed by atoms with Crippen LogP contribution in [0.25, 0.3) is 12.2 Å². The molecule has 0 saturated heterocycles. The van der Waals surface area contributed by atoms with Gasteiger partial charge in [0.15, 0.2) is 0 Å². The first-order valence-corrected chi connectivity index (χ1v) is 8.95. The van der Waals surface area contributed by atoms with Crippen LogP contribution in [0.2, 0.25) is 0 Å². The first-order valence-electron chi connectivity index (χ1n) is 8.95. The highest BCUT2D eigenvalue weighted by Crippen LogP contribution is 2.37. The maximum Gasteiger partial charge on any atom is 0.396 e. The molecule has 5 heteroatoms. The van der Waals surface area contributed by atoms with Crippen molar-refractivity contribution in [3.8, 4) is 6.07 Å². The van der Waals surface area contributed by atoms with E-state index in [1.54, 1.807) is 66.8 Å². The van der Waals surface area contributed by atoms with Gasteiger partial charge in [-0.05, 0) is 40.8 Å². The maximum absolute atomic E-state index is 13.6. The van der Waals surface area contributed by atoms with Crippen LogP contribution in [0.4, 0.5) is 17.6 Å². The number of nitrogens with zero attached hydrogens (tertiary/aromatic N) is 1. The highest BCUT2D eigenvalue weighted by molar-refractivity contribution is 5.70. The lowest BCUT2D eigenvalue weighted by Gasteiger charge is -2.21. The minimum atomic E-state index is -4.33. The van der Waals surface area contributed by atoms with Crippen LogP contribution < -0.4 is 0 Å². The van der Waals surface area contributed by atoms with E-state index in [2.05, 4.69) is 0 Å². The molecule has 0 amide bonds. The minimum absolute atomic E-state index is 0.0239. The van der Waals surface area contributed by atoms with Gasteiger partial charge < -0.3 is 0 Å². The van der Waals surface area contributed by atoms with Crippen molar-refractivity contribution in [1.29, 1.82) is 5.26 Å². The fourth-order valence-corrected chi connectivity index (χ4v) is 3.03. The summed E-state index contributed by atoms with van der Waals surface area (Å²) >= 11 is 0. The second-order valence-electron chi connectivity index (χ2n) is 6.64. The molecule has 29 heavy (non-hydrogen) atoms. The summed E-state index contributed by atoms with van der Waals surface area (Å²) in [5.74, 6) is -2.16. The lowest BCUT2D eigenvalue weighted by Crippen LogP contribution is -2.22. The van der Waals surface area contributed by atoms with E-state index in [9.17, 15) is 17.6 Å². The van der Waals surface area contributed by atoms with Crippen molar-refractivity contribution in [2.75, 3.05) is 0 Å². The molecule has 0 heterocycles. The normalized spacial score (nSPS) is 12.7. The van der Waals surface area contributed by atoms with Crippen LogP contribution in [-0.2, 0) is 6.42 Å². The van der Waals surface area contributed by atoms with Gasteiger partial charge in [-0.2, -0.15) is 18.4 Å². The van der Waals surface area contributed by atoms with Crippen LogP contribution in [0.3, 0.4) is 0 Å². The molecule has 3 aromatic carbocycles. The van der Waals surface area contributed by atoms with E-state index < -0.39 is 17.9 Å². The third kappa shape index (κ3) is 5.32. The Hall–Kier alpha value is -3.39. The average molecular weight is 395 g/mol. The molecule has 3 rings (SSSR count). The minimum Gasteiger partial charge on any atom is -0.206 e. The second kappa shape index (κ2) is 8.74. The van der Waals surface area contributed by atoms with Crippen molar-refractivity contribution >= 4 is 12.2 Å². The summed E-state index contributed by atoms with van der Waals surface area (Å²) in [6.07, 6.45) is -1.05. The average Bonchev–Trinajstić information content (AvgIpc) is 2.71. The van der Waals surface area contributed by atoms with E-state index in [0.29, 0.717) is 11.1 Å². The van der Waals surface area contributed by atoms with Crippen molar-refractivity contribution in [2.45, 2.75) is 18.5 Å². The smallest absolute Gasteiger partial charge is 0.206 e. The maximum atomic E-state index is 13.6. The van der Waals surface area contributed by atoms with Gasteiger partial charge >= 0.3 is 6.18 Å². The van der Waals surface area contributed by atoms with E-state index in [4.69, 9.17) is 5.26 Å². The highest BCUT2D eigenvalue weighted by atomic mass is 19.4. The van der Waals surface area contributed by atoms with Crippen molar-refractivity contribution in [1.82, 2.24) is 0 Å². The predicted octanol–water partition coefficient (Wildman–Crippen LogP) is 6.76. The molecule has 1 atom stereocenters. The van der Waals surface area contributed by atoms with Gasteiger partial charge in [0.1, 0.15) is 11.9 Å². The van der Waals surface area contributed by atoms with Gasteiger partial charge in [0.25, 0.3) is 0 Å². The number of benzene rings is 3. The molecule has 146 valence electrons. The number of nitriles is 1. The Balaban J connectivity index is 1.74. The lowest BCUT2D eigenvalue weighted by molar-refractivity contribution is -0.150. The molecule has 0 bridgehead atoms. The summed E-state index contributed by atoms with van der Waals surface area (Å²) in [5, 5.41) is 8.75. The fraction of sp³-hybridized carbons (Fsp3) is 0.125. The van der Waals surface area contributed by atoms with Gasteiger partial charge in [-0.25, -0.2) is 4.39 Å². The number of rotatable bonds is 5. The molecule has 0 aromatic heterocycles. The Morgan fingerprint density at radius 2 is 1.48 bits per heavy atom. The molecule has 0 fully saturated rings. The Bertz CT molecular complexity index is 1030. The Morgan fingerprint density at radius 1 is 0.862 bits per heavy atom. The summed E-state index contributed by atoms with van der Waals surface area (Å²) in [6.45, 7) is 0. The molecule has 0 aliphatic carbocycles. The van der Waals surface area contributed by atoms with Crippen LogP contribution in [0.15, 0.2) is 72.8 Å². The van der Waals surface area contributed by atoms with Crippen LogP contribution in [-0.4, -0.2) is 6.18 Å². The first-order chi connectivity index (χ1) is 13.9. The van der Waals surface area contributed by atoms with Crippen LogP contribution in [0, 0.1) is 17.1 Å². The molecular weight excluding hydrogens is 378 g/mol. The SMILES string of the molecule is N#Cc1ccc(C=Cc2ccc(C[C@@H](c3ccccc3)C(F)(F)F)cc2)cc1F. The summed E-state index contributed by atoms with van der Waals surface area (Å²) in [5.41, 5.74) is 2.17. The molecule has 0 spiro atoms. The van der Waals surface area contributed by atoms with E-state index in [-0.39, 0.29) is 17.5 Å². The zero-order valence-corrected chi connectivity index (χ0v) is 15.3. The van der Waals surface area contributed by atoms with Crippen molar-refractivity contribution in [2.24, 2.45) is 0 Å². The molecule has 1 nitrogen and oxygen atoms in total. The molecule has 0 unspecified atom stereocenters. The van der Waals surface area contributed by atoms with E-state index in [0.717, 1.165) is 5.56 Å². The number of hydrogen-bond acceptors (Lipinski definition) is 1.